The highest BCUT2D eigenvalue weighted by molar-refractivity contribution is 7.10. The lowest BCUT2D eigenvalue weighted by Gasteiger charge is -2.44. The third kappa shape index (κ3) is 2.00. The molecule has 1 aromatic heterocycles. The van der Waals surface area contributed by atoms with E-state index in [9.17, 15) is 4.79 Å². The van der Waals surface area contributed by atoms with Crippen molar-refractivity contribution in [3.63, 3.8) is 0 Å². The Labute approximate surface area is 147 Å². The maximum Gasteiger partial charge on any atom is 0.162 e. The Morgan fingerprint density at radius 1 is 1.21 bits per heavy atom. The van der Waals surface area contributed by atoms with Crippen LogP contribution in [-0.4, -0.2) is 10.8 Å². The van der Waals surface area contributed by atoms with Crippen molar-refractivity contribution >= 4 is 17.1 Å². The van der Waals surface area contributed by atoms with Gasteiger partial charge in [0.05, 0.1) is 16.6 Å². The highest BCUT2D eigenvalue weighted by Crippen LogP contribution is 2.54. The number of carbonyl (C=O) groups is 1. The molecule has 0 bridgehead atoms. The predicted molar refractivity (Wildman–Crippen MR) is 98.3 cm³/mol. The first-order valence-corrected chi connectivity index (χ1v) is 9.73. The molecule has 3 atom stereocenters. The number of benzene rings is 1. The largest absolute Gasteiger partial charge is 0.294 e. The Hall–Kier alpha value is -1.74. The minimum absolute atomic E-state index is 0.114. The van der Waals surface area contributed by atoms with Crippen LogP contribution in [0.15, 0.2) is 47.0 Å². The fraction of sp³-hybridized carbons (Fsp3) is 0.429. The van der Waals surface area contributed by atoms with E-state index in [1.54, 1.807) is 11.3 Å². The number of aromatic nitrogens is 1. The lowest BCUT2D eigenvalue weighted by atomic mass is 9.59. The molecule has 24 heavy (non-hydrogen) atoms. The van der Waals surface area contributed by atoms with Crippen molar-refractivity contribution in [1.82, 2.24) is 4.98 Å². The fourth-order valence-corrected chi connectivity index (χ4v) is 5.87. The number of carbonyl (C=O) groups excluding carboxylic acids is 1. The highest BCUT2D eigenvalue weighted by Gasteiger charge is 2.50. The molecule has 124 valence electrons. The Morgan fingerprint density at radius 3 is 2.67 bits per heavy atom. The van der Waals surface area contributed by atoms with E-state index in [-0.39, 0.29) is 11.3 Å². The monoisotopic (exact) mass is 337 g/mol. The van der Waals surface area contributed by atoms with Gasteiger partial charge < -0.3 is 0 Å². The van der Waals surface area contributed by atoms with Crippen LogP contribution in [0.25, 0.3) is 0 Å². The van der Waals surface area contributed by atoms with Gasteiger partial charge in [0.1, 0.15) is 0 Å². The average Bonchev–Trinajstić information content (AvgIpc) is 3.07. The van der Waals surface area contributed by atoms with Gasteiger partial charge in [-0.2, -0.15) is 0 Å². The molecule has 3 heteroatoms. The Bertz CT molecular complexity index is 819. The van der Waals surface area contributed by atoms with E-state index < -0.39 is 0 Å². The van der Waals surface area contributed by atoms with Crippen LogP contribution in [0.3, 0.4) is 0 Å². The molecule has 0 amide bonds. The number of ketones is 1. The first-order chi connectivity index (χ1) is 11.6. The second-order valence-corrected chi connectivity index (χ2v) is 8.09. The van der Waals surface area contributed by atoms with Crippen LogP contribution in [0.1, 0.15) is 49.7 Å². The van der Waals surface area contributed by atoms with Gasteiger partial charge in [-0.25, -0.2) is 4.98 Å². The second kappa shape index (κ2) is 5.66. The number of hydrogen-bond acceptors (Lipinski definition) is 3. The predicted octanol–water partition coefficient (Wildman–Crippen LogP) is 4.94. The first-order valence-electron chi connectivity index (χ1n) is 8.85. The summed E-state index contributed by atoms with van der Waals surface area (Å²) in [5, 5.41) is 0. The summed E-state index contributed by atoms with van der Waals surface area (Å²) in [7, 11) is 0. The van der Waals surface area contributed by atoms with Crippen molar-refractivity contribution < 1.29 is 4.79 Å². The third-order valence-corrected chi connectivity index (χ3v) is 6.96. The molecule has 1 heterocycles. The molecular weight excluding hydrogens is 314 g/mol. The Kier molecular flexibility index (Phi) is 3.72. The third-order valence-electron chi connectivity index (χ3n) is 5.93. The first kappa shape index (κ1) is 15.8. The summed E-state index contributed by atoms with van der Waals surface area (Å²) in [6.45, 7) is 6.58. The van der Waals surface area contributed by atoms with E-state index in [1.807, 2.05) is 11.6 Å². The Morgan fingerprint density at radius 2 is 1.96 bits per heavy atom. The molecule has 2 aromatic rings. The molecule has 0 N–H and O–H groups in total. The molecule has 0 fully saturated rings. The van der Waals surface area contributed by atoms with Gasteiger partial charge in [-0.05, 0) is 24.3 Å². The summed E-state index contributed by atoms with van der Waals surface area (Å²) in [6, 6.07) is 10.6. The summed E-state index contributed by atoms with van der Waals surface area (Å²) < 4.78 is 0. The quantitative estimate of drug-likeness (QED) is 0.777. The van der Waals surface area contributed by atoms with Crippen LogP contribution in [0.4, 0.5) is 0 Å². The van der Waals surface area contributed by atoms with Gasteiger partial charge in [-0.15, -0.1) is 11.3 Å². The van der Waals surface area contributed by atoms with Crippen LogP contribution in [0.5, 0.6) is 0 Å². The number of nitrogens with zero attached hydrogens (tertiary/aromatic N) is 1. The summed E-state index contributed by atoms with van der Waals surface area (Å²) in [5.41, 5.74) is 6.47. The molecule has 3 unspecified atom stereocenters. The zero-order valence-electron chi connectivity index (χ0n) is 14.5. The minimum atomic E-state index is -0.314. The second-order valence-electron chi connectivity index (χ2n) is 7.23. The van der Waals surface area contributed by atoms with Gasteiger partial charge >= 0.3 is 0 Å². The summed E-state index contributed by atoms with van der Waals surface area (Å²) in [4.78, 5) is 19.3. The standard InChI is InChI=1S/C21H23NOS/c1-4-21(15-8-6-5-7-9-15)18-16(11-17-20(21)24-12-22-17)13(2)10-14(3)19(18)23/h5-9,12-14H,4,10-11H2,1-3H3. The maximum atomic E-state index is 13.3. The number of fused-ring (bicyclic) bond motifs is 1. The number of thiazole rings is 1. The molecule has 4 rings (SSSR count). The average molecular weight is 337 g/mol. The van der Waals surface area contributed by atoms with Crippen LogP contribution >= 0.6 is 11.3 Å². The molecule has 0 saturated carbocycles. The molecule has 2 aliphatic rings. The Balaban J connectivity index is 2.07. The maximum absolute atomic E-state index is 13.3. The number of rotatable bonds is 2. The van der Waals surface area contributed by atoms with Crippen molar-refractivity contribution in [3.8, 4) is 0 Å². The van der Waals surface area contributed by atoms with Crippen molar-refractivity contribution in [3.05, 3.63) is 63.1 Å². The van der Waals surface area contributed by atoms with Crippen LogP contribution < -0.4 is 0 Å². The van der Waals surface area contributed by atoms with Crippen LogP contribution in [-0.2, 0) is 16.6 Å². The lowest BCUT2D eigenvalue weighted by molar-refractivity contribution is -0.120. The molecule has 1 aromatic carbocycles. The van der Waals surface area contributed by atoms with E-state index in [0.29, 0.717) is 11.7 Å². The van der Waals surface area contributed by atoms with E-state index in [0.717, 1.165) is 24.8 Å². The lowest BCUT2D eigenvalue weighted by Crippen LogP contribution is -2.42. The van der Waals surface area contributed by atoms with Gasteiger partial charge in [0.15, 0.2) is 5.78 Å². The van der Waals surface area contributed by atoms with Crippen LogP contribution in [0, 0.1) is 11.8 Å². The normalized spacial score (nSPS) is 29.4. The topological polar surface area (TPSA) is 30.0 Å². The molecule has 0 spiro atoms. The van der Waals surface area contributed by atoms with Gasteiger partial charge in [-0.1, -0.05) is 56.7 Å². The molecule has 0 saturated heterocycles. The molecule has 2 aliphatic carbocycles. The minimum Gasteiger partial charge on any atom is -0.294 e. The summed E-state index contributed by atoms with van der Waals surface area (Å²) in [6.07, 6.45) is 2.71. The number of allylic oxidation sites excluding steroid dienone is 2. The van der Waals surface area contributed by atoms with Gasteiger partial charge in [0.2, 0.25) is 0 Å². The molecule has 0 radical (unpaired) electrons. The highest BCUT2D eigenvalue weighted by atomic mass is 32.1. The molecule has 0 aliphatic heterocycles. The van der Waals surface area contributed by atoms with Crippen molar-refractivity contribution in [2.75, 3.05) is 0 Å². The van der Waals surface area contributed by atoms with Gasteiger partial charge in [0, 0.05) is 22.8 Å². The summed E-state index contributed by atoms with van der Waals surface area (Å²) >= 11 is 1.71. The van der Waals surface area contributed by atoms with Crippen molar-refractivity contribution in [2.45, 2.75) is 45.4 Å². The summed E-state index contributed by atoms with van der Waals surface area (Å²) in [5.74, 6) is 0.924. The van der Waals surface area contributed by atoms with E-state index >= 15 is 0 Å². The van der Waals surface area contributed by atoms with E-state index in [2.05, 4.69) is 50.0 Å². The SMILES string of the molecule is CCC1(c2ccccc2)C2=C(Cc3ncsc31)C(C)CC(C)C2=O. The van der Waals surface area contributed by atoms with Crippen molar-refractivity contribution in [1.29, 1.82) is 0 Å². The van der Waals surface area contributed by atoms with E-state index in [4.69, 9.17) is 0 Å². The van der Waals surface area contributed by atoms with Crippen molar-refractivity contribution in [2.24, 2.45) is 11.8 Å². The van der Waals surface area contributed by atoms with Gasteiger partial charge in [-0.3, -0.25) is 4.79 Å². The molecular formula is C21H23NOS. The van der Waals surface area contributed by atoms with E-state index in [1.165, 1.54) is 21.7 Å². The molecule has 2 nitrogen and oxygen atoms in total. The van der Waals surface area contributed by atoms with Crippen LogP contribution in [0.2, 0.25) is 0 Å². The smallest absolute Gasteiger partial charge is 0.162 e. The fourth-order valence-electron chi connectivity index (χ4n) is 4.75. The van der Waals surface area contributed by atoms with Gasteiger partial charge in [0.25, 0.3) is 0 Å². The number of hydrogen-bond donors (Lipinski definition) is 0. The zero-order chi connectivity index (χ0) is 16.9. The zero-order valence-corrected chi connectivity index (χ0v) is 15.3. The number of Topliss-reactive ketones (excluding diaryl/α,β-unsaturated/α-hetero) is 1.